The zero-order valence-corrected chi connectivity index (χ0v) is 12.4. The number of nitrogens with one attached hydrogen (secondary N) is 1. The summed E-state index contributed by atoms with van der Waals surface area (Å²) in [5, 5.41) is 3.26. The molecule has 0 aliphatic carbocycles. The van der Waals surface area contributed by atoms with Gasteiger partial charge in [0, 0.05) is 13.1 Å². The lowest BCUT2D eigenvalue weighted by Crippen LogP contribution is -2.21. The molecule has 0 fully saturated rings. The van der Waals surface area contributed by atoms with Crippen molar-refractivity contribution in [1.29, 1.82) is 0 Å². The smallest absolute Gasteiger partial charge is 0.149 e. The van der Waals surface area contributed by atoms with Crippen LogP contribution in [0.2, 0.25) is 0 Å². The summed E-state index contributed by atoms with van der Waals surface area (Å²) in [6.45, 7) is 2.84. The minimum Gasteiger partial charge on any atom is -0.396 e. The van der Waals surface area contributed by atoms with Gasteiger partial charge in [-0.25, -0.2) is 4.98 Å². The number of benzene rings is 1. The van der Waals surface area contributed by atoms with Crippen molar-refractivity contribution in [3.63, 3.8) is 0 Å². The SMILES string of the molecule is CN(CCCNc1ccc(N)c(N)n1)Cc1ccccc1. The summed E-state index contributed by atoms with van der Waals surface area (Å²) >= 11 is 0. The Kier molecular flexibility index (Phi) is 5.40. The third-order valence-corrected chi connectivity index (χ3v) is 3.28. The van der Waals surface area contributed by atoms with E-state index in [-0.39, 0.29) is 0 Å². The average molecular weight is 285 g/mol. The monoisotopic (exact) mass is 285 g/mol. The van der Waals surface area contributed by atoms with Gasteiger partial charge >= 0.3 is 0 Å². The maximum Gasteiger partial charge on any atom is 0.149 e. The number of nitrogens with zero attached hydrogens (tertiary/aromatic N) is 2. The van der Waals surface area contributed by atoms with E-state index < -0.39 is 0 Å². The fraction of sp³-hybridized carbons (Fsp3) is 0.312. The number of anilines is 3. The molecule has 0 aliphatic heterocycles. The van der Waals surface area contributed by atoms with Gasteiger partial charge in [0.05, 0.1) is 5.69 Å². The van der Waals surface area contributed by atoms with Gasteiger partial charge in [-0.05, 0) is 37.7 Å². The van der Waals surface area contributed by atoms with Crippen molar-refractivity contribution < 1.29 is 0 Å². The van der Waals surface area contributed by atoms with Crippen molar-refractivity contribution in [2.75, 3.05) is 36.9 Å². The van der Waals surface area contributed by atoms with Crippen LogP contribution in [0.3, 0.4) is 0 Å². The number of nitrogens with two attached hydrogens (primary N) is 2. The topological polar surface area (TPSA) is 80.2 Å². The molecule has 0 spiro atoms. The van der Waals surface area contributed by atoms with Gasteiger partial charge in [-0.2, -0.15) is 0 Å². The Bertz CT molecular complexity index is 556. The Morgan fingerprint density at radius 2 is 1.86 bits per heavy atom. The van der Waals surface area contributed by atoms with Crippen LogP contribution in [0.15, 0.2) is 42.5 Å². The van der Waals surface area contributed by atoms with Gasteiger partial charge in [-0.1, -0.05) is 30.3 Å². The molecule has 0 aliphatic rings. The minimum absolute atomic E-state index is 0.376. The molecule has 1 heterocycles. The summed E-state index contributed by atoms with van der Waals surface area (Å²) in [6, 6.07) is 14.1. The summed E-state index contributed by atoms with van der Waals surface area (Å²) in [5.74, 6) is 1.15. The third kappa shape index (κ3) is 4.96. The van der Waals surface area contributed by atoms with Crippen LogP contribution in [-0.2, 0) is 6.54 Å². The van der Waals surface area contributed by atoms with E-state index in [2.05, 4.69) is 46.5 Å². The van der Waals surface area contributed by atoms with E-state index in [1.807, 2.05) is 12.1 Å². The molecule has 0 amide bonds. The number of pyridine rings is 1. The van der Waals surface area contributed by atoms with E-state index in [0.29, 0.717) is 11.5 Å². The standard InChI is InChI=1S/C16H23N5/c1-21(12-13-6-3-2-4-7-13)11-5-10-19-15-9-8-14(17)16(18)20-15/h2-4,6-9H,5,10-12,17H2,1H3,(H3,18,19,20). The second-order valence-corrected chi connectivity index (χ2v) is 5.17. The molecule has 5 nitrogen and oxygen atoms in total. The minimum atomic E-state index is 0.376. The predicted octanol–water partition coefficient (Wildman–Crippen LogP) is 2.18. The van der Waals surface area contributed by atoms with Gasteiger partial charge in [0.25, 0.3) is 0 Å². The van der Waals surface area contributed by atoms with E-state index in [1.165, 1.54) is 5.56 Å². The van der Waals surface area contributed by atoms with Crippen molar-refractivity contribution in [3.05, 3.63) is 48.0 Å². The first-order valence-electron chi connectivity index (χ1n) is 7.13. The van der Waals surface area contributed by atoms with Crippen LogP contribution in [0, 0.1) is 0 Å². The van der Waals surface area contributed by atoms with Crippen molar-refractivity contribution in [3.8, 4) is 0 Å². The fourth-order valence-electron chi connectivity index (χ4n) is 2.12. The molecule has 5 N–H and O–H groups in total. The number of rotatable bonds is 7. The molecule has 2 rings (SSSR count). The van der Waals surface area contributed by atoms with Crippen LogP contribution < -0.4 is 16.8 Å². The highest BCUT2D eigenvalue weighted by Crippen LogP contribution is 2.14. The molecule has 0 radical (unpaired) electrons. The largest absolute Gasteiger partial charge is 0.396 e. The average Bonchev–Trinajstić information content (AvgIpc) is 2.48. The van der Waals surface area contributed by atoms with E-state index >= 15 is 0 Å². The lowest BCUT2D eigenvalue weighted by atomic mass is 10.2. The van der Waals surface area contributed by atoms with Gasteiger partial charge in [0.2, 0.25) is 0 Å². The number of hydrogen-bond acceptors (Lipinski definition) is 5. The highest BCUT2D eigenvalue weighted by atomic mass is 15.1. The van der Waals surface area contributed by atoms with Crippen molar-refractivity contribution in [1.82, 2.24) is 9.88 Å². The Morgan fingerprint density at radius 1 is 1.10 bits per heavy atom. The molecular weight excluding hydrogens is 262 g/mol. The van der Waals surface area contributed by atoms with Crippen LogP contribution in [0.25, 0.3) is 0 Å². The first-order valence-corrected chi connectivity index (χ1v) is 7.13. The van der Waals surface area contributed by atoms with Crippen LogP contribution >= 0.6 is 0 Å². The molecular formula is C16H23N5. The molecule has 0 atom stereocenters. The molecule has 21 heavy (non-hydrogen) atoms. The summed E-state index contributed by atoms with van der Waals surface area (Å²) in [5.41, 5.74) is 13.2. The summed E-state index contributed by atoms with van der Waals surface area (Å²) in [7, 11) is 2.13. The molecule has 0 saturated carbocycles. The molecule has 0 bridgehead atoms. The van der Waals surface area contributed by atoms with Gasteiger partial charge in [-0.3, -0.25) is 0 Å². The third-order valence-electron chi connectivity index (χ3n) is 3.28. The lowest BCUT2D eigenvalue weighted by molar-refractivity contribution is 0.325. The Morgan fingerprint density at radius 3 is 2.57 bits per heavy atom. The Hall–Kier alpha value is -2.27. The molecule has 2 aromatic rings. The van der Waals surface area contributed by atoms with E-state index in [4.69, 9.17) is 11.5 Å². The zero-order chi connectivity index (χ0) is 15.1. The van der Waals surface area contributed by atoms with Crippen molar-refractivity contribution in [2.45, 2.75) is 13.0 Å². The fourth-order valence-corrected chi connectivity index (χ4v) is 2.12. The quantitative estimate of drug-likeness (QED) is 0.679. The Balaban J connectivity index is 1.68. The molecule has 0 unspecified atom stereocenters. The van der Waals surface area contributed by atoms with Gasteiger partial charge in [0.1, 0.15) is 11.6 Å². The Labute approximate surface area is 126 Å². The molecule has 1 aromatic heterocycles. The maximum absolute atomic E-state index is 5.67. The normalized spacial score (nSPS) is 10.8. The van der Waals surface area contributed by atoms with E-state index in [1.54, 1.807) is 6.07 Å². The van der Waals surface area contributed by atoms with Gasteiger partial charge in [-0.15, -0.1) is 0 Å². The zero-order valence-electron chi connectivity index (χ0n) is 12.4. The highest BCUT2D eigenvalue weighted by Gasteiger charge is 2.01. The number of hydrogen-bond donors (Lipinski definition) is 3. The molecule has 5 heteroatoms. The van der Waals surface area contributed by atoms with Gasteiger partial charge < -0.3 is 21.7 Å². The summed E-state index contributed by atoms with van der Waals surface area (Å²) in [6.07, 6.45) is 1.04. The lowest BCUT2D eigenvalue weighted by Gasteiger charge is -2.17. The number of aromatic nitrogens is 1. The van der Waals surface area contributed by atoms with Crippen molar-refractivity contribution >= 4 is 17.3 Å². The summed E-state index contributed by atoms with van der Waals surface area (Å²) in [4.78, 5) is 6.49. The van der Waals surface area contributed by atoms with Crippen molar-refractivity contribution in [2.24, 2.45) is 0 Å². The van der Waals surface area contributed by atoms with Crippen LogP contribution in [-0.4, -0.2) is 30.0 Å². The maximum atomic E-state index is 5.67. The van der Waals surface area contributed by atoms with Gasteiger partial charge in [0.15, 0.2) is 0 Å². The second-order valence-electron chi connectivity index (χ2n) is 5.17. The first-order chi connectivity index (χ1) is 10.1. The van der Waals surface area contributed by atoms with Crippen LogP contribution in [0.5, 0.6) is 0 Å². The predicted molar refractivity (Wildman–Crippen MR) is 88.9 cm³/mol. The van der Waals surface area contributed by atoms with E-state index in [0.717, 1.165) is 31.9 Å². The van der Waals surface area contributed by atoms with Crippen LogP contribution in [0.4, 0.5) is 17.3 Å². The number of nitrogen functional groups attached to an aromatic ring is 2. The summed E-state index contributed by atoms with van der Waals surface area (Å²) < 4.78 is 0. The van der Waals surface area contributed by atoms with E-state index in [9.17, 15) is 0 Å². The highest BCUT2D eigenvalue weighted by molar-refractivity contribution is 5.61. The molecule has 1 aromatic carbocycles. The molecule has 112 valence electrons. The molecule has 0 saturated heterocycles. The second kappa shape index (κ2) is 7.50. The van der Waals surface area contributed by atoms with Crippen LogP contribution in [0.1, 0.15) is 12.0 Å². The first kappa shape index (κ1) is 15.1.